The van der Waals surface area contributed by atoms with Gasteiger partial charge in [-0.15, -0.1) is 0 Å². The minimum Gasteiger partial charge on any atom is -0.468 e. The highest BCUT2D eigenvalue weighted by Crippen LogP contribution is 2.17. The molecule has 0 aromatic heterocycles. The maximum Gasteiger partial charge on any atom is 0.320 e. The van der Waals surface area contributed by atoms with Crippen LogP contribution in [0.3, 0.4) is 0 Å². The van der Waals surface area contributed by atoms with Gasteiger partial charge in [0.25, 0.3) is 0 Å². The molecule has 0 rings (SSSR count). The van der Waals surface area contributed by atoms with Crippen LogP contribution in [0.25, 0.3) is 0 Å². The molecule has 0 aromatic rings. The highest BCUT2D eigenvalue weighted by molar-refractivity contribution is 5.95. The van der Waals surface area contributed by atoms with E-state index in [0.717, 1.165) is 12.8 Å². The maximum atomic E-state index is 11.5. The summed E-state index contributed by atoms with van der Waals surface area (Å²) in [7, 11) is 4.88. The minimum absolute atomic E-state index is 0.330. The highest BCUT2D eigenvalue weighted by Gasteiger charge is 2.29. The molecule has 0 saturated heterocycles. The summed E-state index contributed by atoms with van der Waals surface area (Å²) in [5.41, 5.74) is 0. The van der Waals surface area contributed by atoms with Crippen LogP contribution in [0.1, 0.15) is 38.5 Å². The van der Waals surface area contributed by atoms with Crippen LogP contribution in [-0.4, -0.2) is 52.3 Å². The Labute approximate surface area is 141 Å². The third-order valence-electron chi connectivity index (χ3n) is 3.68. The van der Waals surface area contributed by atoms with E-state index in [1.807, 2.05) is 0 Å². The summed E-state index contributed by atoms with van der Waals surface area (Å²) in [6.07, 6.45) is 3.37. The Bertz CT molecular complexity index is 360. The molecule has 8 nitrogen and oxygen atoms in total. The van der Waals surface area contributed by atoms with Crippen molar-refractivity contribution in [2.75, 3.05) is 28.4 Å². The lowest BCUT2D eigenvalue weighted by Gasteiger charge is -2.13. The number of carbonyl (C=O) groups is 4. The lowest BCUT2D eigenvalue weighted by atomic mass is 9.98. The summed E-state index contributed by atoms with van der Waals surface area (Å²) in [4.78, 5) is 46.0. The van der Waals surface area contributed by atoms with E-state index in [2.05, 4.69) is 18.9 Å². The zero-order valence-corrected chi connectivity index (χ0v) is 14.7. The first-order valence-electron chi connectivity index (χ1n) is 7.74. The average Bonchev–Trinajstić information content (AvgIpc) is 2.61. The molecule has 0 N–H and O–H groups in total. The second-order valence-corrected chi connectivity index (χ2v) is 5.19. The number of methoxy groups -OCH3 is 4. The molecule has 0 saturated carbocycles. The molecule has 0 radical (unpaired) electrons. The number of ether oxygens (including phenoxy) is 4. The van der Waals surface area contributed by atoms with Gasteiger partial charge in [-0.05, 0) is 12.8 Å². The van der Waals surface area contributed by atoms with Gasteiger partial charge in [0.2, 0.25) is 0 Å². The summed E-state index contributed by atoms with van der Waals surface area (Å²) >= 11 is 0. The van der Waals surface area contributed by atoms with Gasteiger partial charge >= 0.3 is 23.9 Å². The highest BCUT2D eigenvalue weighted by atomic mass is 16.5. The zero-order chi connectivity index (χ0) is 18.5. The van der Waals surface area contributed by atoms with Gasteiger partial charge in [0.1, 0.15) is 0 Å². The van der Waals surface area contributed by atoms with E-state index >= 15 is 0 Å². The molecular formula is C16H26O8. The van der Waals surface area contributed by atoms with Crippen LogP contribution in [-0.2, 0) is 38.1 Å². The summed E-state index contributed by atoms with van der Waals surface area (Å²) in [5, 5.41) is 0. The normalized spacial score (nSPS) is 10.4. The van der Waals surface area contributed by atoms with Crippen LogP contribution in [0.5, 0.6) is 0 Å². The first-order valence-corrected chi connectivity index (χ1v) is 7.74. The van der Waals surface area contributed by atoms with Crippen molar-refractivity contribution in [1.82, 2.24) is 0 Å². The van der Waals surface area contributed by atoms with Gasteiger partial charge < -0.3 is 18.9 Å². The van der Waals surface area contributed by atoms with E-state index < -0.39 is 35.7 Å². The Morgan fingerprint density at radius 2 is 0.792 bits per heavy atom. The SMILES string of the molecule is COC(=O)C(CCCCCCC(C(=O)OC)C(=O)OC)C(=O)OC. The van der Waals surface area contributed by atoms with Gasteiger partial charge in [-0.1, -0.05) is 25.7 Å². The molecule has 138 valence electrons. The van der Waals surface area contributed by atoms with Crippen LogP contribution >= 0.6 is 0 Å². The van der Waals surface area contributed by atoms with Gasteiger partial charge in [-0.3, -0.25) is 19.2 Å². The lowest BCUT2D eigenvalue weighted by molar-refractivity contribution is -0.161. The Morgan fingerprint density at radius 3 is 1.00 bits per heavy atom. The smallest absolute Gasteiger partial charge is 0.320 e. The average molecular weight is 346 g/mol. The maximum absolute atomic E-state index is 11.5. The number of hydrogen-bond acceptors (Lipinski definition) is 8. The molecule has 0 aliphatic heterocycles. The molecule has 24 heavy (non-hydrogen) atoms. The first kappa shape index (κ1) is 21.9. The molecule has 0 heterocycles. The fourth-order valence-corrected chi connectivity index (χ4v) is 2.28. The Balaban J connectivity index is 4.19. The third-order valence-corrected chi connectivity index (χ3v) is 3.68. The third kappa shape index (κ3) is 7.43. The van der Waals surface area contributed by atoms with Gasteiger partial charge in [0, 0.05) is 0 Å². The van der Waals surface area contributed by atoms with Gasteiger partial charge in [0.05, 0.1) is 28.4 Å². The number of carbonyl (C=O) groups excluding carboxylic acids is 4. The predicted octanol–water partition coefficient (Wildman–Crippen LogP) is 1.25. The molecule has 0 aliphatic carbocycles. The van der Waals surface area contributed by atoms with Gasteiger partial charge in [0.15, 0.2) is 11.8 Å². The number of esters is 4. The van der Waals surface area contributed by atoms with E-state index in [1.165, 1.54) is 28.4 Å². The number of unbranched alkanes of at least 4 members (excludes halogenated alkanes) is 3. The standard InChI is InChI=1S/C16H26O8/c1-21-13(17)11(14(18)22-2)9-7-5-6-8-10-12(15(19)23-3)16(20)24-4/h11-12H,5-10H2,1-4H3. The van der Waals surface area contributed by atoms with Crippen molar-refractivity contribution in [2.24, 2.45) is 11.8 Å². The Hall–Kier alpha value is -2.12. The van der Waals surface area contributed by atoms with Crippen molar-refractivity contribution in [1.29, 1.82) is 0 Å². The van der Waals surface area contributed by atoms with Crippen LogP contribution < -0.4 is 0 Å². The predicted molar refractivity (Wildman–Crippen MR) is 82.7 cm³/mol. The van der Waals surface area contributed by atoms with Crippen LogP contribution in [0.15, 0.2) is 0 Å². The van der Waals surface area contributed by atoms with E-state index in [4.69, 9.17) is 0 Å². The molecule has 0 bridgehead atoms. The molecular weight excluding hydrogens is 320 g/mol. The summed E-state index contributed by atoms with van der Waals surface area (Å²) in [6, 6.07) is 0. The van der Waals surface area contributed by atoms with E-state index in [9.17, 15) is 19.2 Å². The van der Waals surface area contributed by atoms with Crippen LogP contribution in [0, 0.1) is 11.8 Å². The summed E-state index contributed by atoms with van der Waals surface area (Å²) < 4.78 is 18.3. The van der Waals surface area contributed by atoms with Crippen molar-refractivity contribution in [3.63, 3.8) is 0 Å². The minimum atomic E-state index is -0.919. The molecule has 0 amide bonds. The van der Waals surface area contributed by atoms with Crippen molar-refractivity contribution in [3.8, 4) is 0 Å². The molecule has 0 aromatic carbocycles. The summed E-state index contributed by atoms with van der Waals surface area (Å²) in [6.45, 7) is 0. The zero-order valence-electron chi connectivity index (χ0n) is 14.7. The van der Waals surface area contributed by atoms with Crippen LogP contribution in [0.4, 0.5) is 0 Å². The second-order valence-electron chi connectivity index (χ2n) is 5.19. The van der Waals surface area contributed by atoms with Crippen LogP contribution in [0.2, 0.25) is 0 Å². The summed E-state index contributed by atoms with van der Waals surface area (Å²) in [5.74, 6) is -4.29. The van der Waals surface area contributed by atoms with Gasteiger partial charge in [-0.2, -0.15) is 0 Å². The molecule has 0 atom stereocenters. The van der Waals surface area contributed by atoms with Crippen molar-refractivity contribution in [2.45, 2.75) is 38.5 Å². The van der Waals surface area contributed by atoms with E-state index in [0.29, 0.717) is 25.7 Å². The largest absolute Gasteiger partial charge is 0.468 e. The van der Waals surface area contributed by atoms with Crippen molar-refractivity contribution in [3.05, 3.63) is 0 Å². The van der Waals surface area contributed by atoms with Crippen molar-refractivity contribution < 1.29 is 38.1 Å². The fraction of sp³-hybridized carbons (Fsp3) is 0.750. The fourth-order valence-electron chi connectivity index (χ4n) is 2.28. The molecule has 0 fully saturated rings. The monoisotopic (exact) mass is 346 g/mol. The molecule has 0 spiro atoms. The quantitative estimate of drug-likeness (QED) is 0.238. The number of hydrogen-bond donors (Lipinski definition) is 0. The molecule has 0 unspecified atom stereocenters. The topological polar surface area (TPSA) is 105 Å². The number of rotatable bonds is 11. The Kier molecular flexibility index (Phi) is 11.2. The van der Waals surface area contributed by atoms with E-state index in [1.54, 1.807) is 0 Å². The molecule has 0 aliphatic rings. The lowest BCUT2D eigenvalue weighted by Crippen LogP contribution is -2.26. The van der Waals surface area contributed by atoms with Gasteiger partial charge in [-0.25, -0.2) is 0 Å². The molecule has 8 heteroatoms. The Morgan fingerprint density at radius 1 is 0.542 bits per heavy atom. The first-order chi connectivity index (χ1) is 11.4. The van der Waals surface area contributed by atoms with Crippen molar-refractivity contribution >= 4 is 23.9 Å². The second kappa shape index (κ2) is 12.3. The van der Waals surface area contributed by atoms with E-state index in [-0.39, 0.29) is 0 Å².